The van der Waals surface area contributed by atoms with Gasteiger partial charge in [0, 0.05) is 5.56 Å². The maximum Gasteiger partial charge on any atom is 0.349 e. The molecule has 0 radical (unpaired) electrons. The van der Waals surface area contributed by atoms with Crippen molar-refractivity contribution in [3.05, 3.63) is 71.9 Å². The second kappa shape index (κ2) is 6.27. The highest BCUT2D eigenvalue weighted by Crippen LogP contribution is 2.37. The van der Waals surface area contributed by atoms with Gasteiger partial charge in [-0.05, 0) is 12.1 Å². The van der Waals surface area contributed by atoms with E-state index in [-0.39, 0.29) is 34.5 Å². The highest BCUT2D eigenvalue weighted by atomic mass is 19.3. The first-order chi connectivity index (χ1) is 13.0. The lowest BCUT2D eigenvalue weighted by Crippen LogP contribution is -2.15. The van der Waals surface area contributed by atoms with E-state index in [1.54, 1.807) is 12.1 Å². The van der Waals surface area contributed by atoms with Crippen molar-refractivity contribution >= 4 is 5.88 Å². The van der Waals surface area contributed by atoms with E-state index in [9.17, 15) is 13.2 Å². The first-order valence-electron chi connectivity index (χ1n) is 7.75. The predicted molar refractivity (Wildman–Crippen MR) is 89.0 cm³/mol. The summed E-state index contributed by atoms with van der Waals surface area (Å²) in [6.07, 6.45) is 0. The third kappa shape index (κ3) is 2.92. The molecule has 2 N–H and O–H groups in total. The Bertz CT molecular complexity index is 1090. The Hall–Kier alpha value is -3.62. The molecular weight excluding hydrogens is 361 g/mol. The zero-order chi connectivity index (χ0) is 19.0. The summed E-state index contributed by atoms with van der Waals surface area (Å²) in [7, 11) is 0. The molecule has 0 spiro atoms. The summed E-state index contributed by atoms with van der Waals surface area (Å²) in [6, 6.07) is 12.8. The van der Waals surface area contributed by atoms with E-state index in [0.29, 0.717) is 0 Å². The van der Waals surface area contributed by atoms with Crippen LogP contribution in [-0.2, 0) is 5.92 Å². The Kier molecular flexibility index (Phi) is 3.91. The normalized spacial score (nSPS) is 11.7. The van der Waals surface area contributed by atoms with Gasteiger partial charge in [0.1, 0.15) is 5.82 Å². The molecular formula is C18H11F3N4O2. The van der Waals surface area contributed by atoms with E-state index in [1.807, 2.05) is 0 Å². The summed E-state index contributed by atoms with van der Waals surface area (Å²) in [5.41, 5.74) is 5.34. The molecule has 27 heavy (non-hydrogen) atoms. The third-order valence-corrected chi connectivity index (χ3v) is 3.79. The smallest absolute Gasteiger partial charge is 0.349 e. The first kappa shape index (κ1) is 16.8. The highest BCUT2D eigenvalue weighted by molar-refractivity contribution is 5.66. The van der Waals surface area contributed by atoms with Gasteiger partial charge in [-0.2, -0.15) is 8.78 Å². The van der Waals surface area contributed by atoms with Crippen molar-refractivity contribution < 1.29 is 22.0 Å². The van der Waals surface area contributed by atoms with Crippen LogP contribution in [0.3, 0.4) is 0 Å². The van der Waals surface area contributed by atoms with E-state index >= 15 is 0 Å². The van der Waals surface area contributed by atoms with Gasteiger partial charge in [-0.25, -0.2) is 9.37 Å². The lowest BCUT2D eigenvalue weighted by atomic mass is 10.1. The van der Waals surface area contributed by atoms with E-state index in [1.165, 1.54) is 42.5 Å². The molecule has 0 aliphatic rings. The number of aromatic nitrogens is 3. The van der Waals surface area contributed by atoms with Crippen molar-refractivity contribution in [2.75, 3.05) is 5.73 Å². The number of nitrogen functional groups attached to an aromatic ring is 1. The molecule has 9 heteroatoms. The molecule has 0 bridgehead atoms. The van der Waals surface area contributed by atoms with Crippen LogP contribution in [0.2, 0.25) is 0 Å². The van der Waals surface area contributed by atoms with Gasteiger partial charge in [0.15, 0.2) is 5.69 Å². The van der Waals surface area contributed by atoms with Gasteiger partial charge in [0.2, 0.25) is 11.8 Å². The first-order valence-corrected chi connectivity index (χ1v) is 7.75. The van der Waals surface area contributed by atoms with E-state index < -0.39 is 17.6 Å². The Labute approximate surface area is 150 Å². The summed E-state index contributed by atoms with van der Waals surface area (Å²) < 4.78 is 53.2. The Morgan fingerprint density at radius 2 is 1.56 bits per heavy atom. The topological polar surface area (TPSA) is 91.0 Å². The molecule has 4 aromatic rings. The van der Waals surface area contributed by atoms with Crippen LogP contribution in [0.25, 0.3) is 23.0 Å². The number of rotatable bonds is 4. The standard InChI is InChI=1S/C18H11F3N4O2/c19-12-9-5-4-8-11(12)15-23-13(14(22)26-15)16-24-25-17(27-16)18(20,21)10-6-2-1-3-7-10/h1-9H,22H2. The van der Waals surface area contributed by atoms with E-state index in [0.717, 1.165) is 0 Å². The van der Waals surface area contributed by atoms with Crippen LogP contribution < -0.4 is 5.73 Å². The van der Waals surface area contributed by atoms with Gasteiger partial charge < -0.3 is 14.6 Å². The quantitative estimate of drug-likeness (QED) is 0.576. The molecule has 4 rings (SSSR count). The van der Waals surface area contributed by atoms with Crippen molar-refractivity contribution in [2.45, 2.75) is 5.92 Å². The van der Waals surface area contributed by atoms with E-state index in [2.05, 4.69) is 15.2 Å². The molecule has 0 atom stereocenters. The minimum atomic E-state index is -3.50. The summed E-state index contributed by atoms with van der Waals surface area (Å²) in [4.78, 5) is 4.01. The zero-order valence-electron chi connectivity index (χ0n) is 13.6. The number of anilines is 1. The van der Waals surface area contributed by atoms with Crippen molar-refractivity contribution in [2.24, 2.45) is 0 Å². The molecule has 0 saturated heterocycles. The van der Waals surface area contributed by atoms with Crippen molar-refractivity contribution in [1.29, 1.82) is 0 Å². The largest absolute Gasteiger partial charge is 0.420 e. The van der Waals surface area contributed by atoms with Crippen LogP contribution in [0.5, 0.6) is 0 Å². The maximum atomic E-state index is 14.5. The average Bonchev–Trinajstić information content (AvgIpc) is 3.30. The molecule has 0 unspecified atom stereocenters. The fraction of sp³-hybridized carbons (Fsp3) is 0.0556. The summed E-state index contributed by atoms with van der Waals surface area (Å²) in [5, 5.41) is 6.98. The molecule has 2 aromatic carbocycles. The molecule has 136 valence electrons. The van der Waals surface area contributed by atoms with Crippen molar-refractivity contribution in [1.82, 2.24) is 15.2 Å². The number of hydrogen-bond acceptors (Lipinski definition) is 6. The number of nitrogens with zero attached hydrogens (tertiary/aromatic N) is 3. The lowest BCUT2D eigenvalue weighted by molar-refractivity contribution is 0.0135. The number of hydrogen-bond donors (Lipinski definition) is 1. The van der Waals surface area contributed by atoms with Crippen molar-refractivity contribution in [3.8, 4) is 23.0 Å². The summed E-state index contributed by atoms with van der Waals surface area (Å²) in [5.74, 6) is -5.74. The molecule has 0 aliphatic heterocycles. The number of nitrogens with two attached hydrogens (primary N) is 1. The fourth-order valence-corrected chi connectivity index (χ4v) is 2.45. The maximum absolute atomic E-state index is 14.5. The molecule has 0 aliphatic carbocycles. The van der Waals surface area contributed by atoms with Gasteiger partial charge in [-0.3, -0.25) is 0 Å². The van der Waals surface area contributed by atoms with Gasteiger partial charge in [0.25, 0.3) is 11.8 Å². The van der Waals surface area contributed by atoms with Crippen LogP contribution in [0, 0.1) is 5.82 Å². The molecule has 0 fully saturated rings. The zero-order valence-corrected chi connectivity index (χ0v) is 13.6. The van der Waals surface area contributed by atoms with E-state index in [4.69, 9.17) is 14.6 Å². The fourth-order valence-electron chi connectivity index (χ4n) is 2.45. The molecule has 6 nitrogen and oxygen atoms in total. The predicted octanol–water partition coefficient (Wildman–Crippen LogP) is 4.25. The highest BCUT2D eigenvalue weighted by Gasteiger charge is 2.40. The van der Waals surface area contributed by atoms with Crippen LogP contribution >= 0.6 is 0 Å². The molecule has 2 heterocycles. The van der Waals surface area contributed by atoms with Crippen LogP contribution in [-0.4, -0.2) is 15.2 Å². The lowest BCUT2D eigenvalue weighted by Gasteiger charge is -2.11. The number of alkyl halides is 2. The van der Waals surface area contributed by atoms with Gasteiger partial charge in [-0.15, -0.1) is 10.2 Å². The average molecular weight is 372 g/mol. The van der Waals surface area contributed by atoms with Gasteiger partial charge in [0.05, 0.1) is 5.56 Å². The second-order valence-electron chi connectivity index (χ2n) is 5.56. The minimum absolute atomic E-state index is 0.0600. The Balaban J connectivity index is 1.71. The van der Waals surface area contributed by atoms with Crippen LogP contribution in [0.1, 0.15) is 11.5 Å². The number of oxazole rings is 1. The van der Waals surface area contributed by atoms with Crippen LogP contribution in [0.15, 0.2) is 63.4 Å². The molecule has 0 amide bonds. The minimum Gasteiger partial charge on any atom is -0.420 e. The van der Waals surface area contributed by atoms with Gasteiger partial charge >= 0.3 is 5.92 Å². The second-order valence-corrected chi connectivity index (χ2v) is 5.56. The SMILES string of the molecule is Nc1oc(-c2ccccc2F)nc1-c1nnc(C(F)(F)c2ccccc2)o1. The molecule has 0 saturated carbocycles. The number of benzene rings is 2. The summed E-state index contributed by atoms with van der Waals surface area (Å²) >= 11 is 0. The van der Waals surface area contributed by atoms with Crippen LogP contribution in [0.4, 0.5) is 19.1 Å². The van der Waals surface area contributed by atoms with Crippen molar-refractivity contribution in [3.63, 3.8) is 0 Å². The van der Waals surface area contributed by atoms with Gasteiger partial charge in [-0.1, -0.05) is 42.5 Å². The Morgan fingerprint density at radius 3 is 2.30 bits per heavy atom. The Morgan fingerprint density at radius 1 is 0.852 bits per heavy atom. The summed E-state index contributed by atoms with van der Waals surface area (Å²) in [6.45, 7) is 0. The number of halogens is 3. The third-order valence-electron chi connectivity index (χ3n) is 3.79. The monoisotopic (exact) mass is 372 g/mol. The molecule has 2 aromatic heterocycles.